The molecule has 29 heavy (non-hydrogen) atoms. The molecular formula is C21H27ClN4O3. The molecule has 4 rings (SSSR count). The first kappa shape index (κ1) is 20.0. The Labute approximate surface area is 175 Å². The zero-order chi connectivity index (χ0) is 20.8. The Morgan fingerprint density at radius 1 is 1.14 bits per heavy atom. The first-order valence-electron chi connectivity index (χ1n) is 10.2. The van der Waals surface area contributed by atoms with Gasteiger partial charge < -0.3 is 9.64 Å². The van der Waals surface area contributed by atoms with E-state index in [0.29, 0.717) is 29.9 Å². The highest BCUT2D eigenvalue weighted by Crippen LogP contribution is 2.37. The van der Waals surface area contributed by atoms with Crippen LogP contribution in [0.4, 0.5) is 0 Å². The Bertz CT molecular complexity index is 951. The Balaban J connectivity index is 1.41. The summed E-state index contributed by atoms with van der Waals surface area (Å²) in [4.78, 5) is 27.3. The van der Waals surface area contributed by atoms with E-state index in [-0.39, 0.29) is 17.5 Å². The standard InChI is InChI=1S/C21H27ClN4O3/c1-21(2,29-17-8-4-15(22)5-9-17)19(27)25-12-10-14(11-13-25)18-23-24(3)20(28)26(18)16-6-7-16/h4-5,8-9,14,16H,6-7,10-13H2,1-3H3. The Kier molecular flexibility index (Phi) is 5.19. The topological polar surface area (TPSA) is 69.4 Å². The lowest BCUT2D eigenvalue weighted by Crippen LogP contribution is -2.51. The minimum atomic E-state index is -0.970. The molecule has 8 heteroatoms. The molecule has 1 saturated heterocycles. The second-order valence-corrected chi connectivity index (χ2v) is 8.93. The summed E-state index contributed by atoms with van der Waals surface area (Å²) in [7, 11) is 1.71. The zero-order valence-electron chi connectivity index (χ0n) is 17.1. The summed E-state index contributed by atoms with van der Waals surface area (Å²) in [6, 6.07) is 7.33. The van der Waals surface area contributed by atoms with Crippen LogP contribution in [0.15, 0.2) is 29.1 Å². The molecule has 1 aromatic heterocycles. The van der Waals surface area contributed by atoms with Crippen molar-refractivity contribution in [3.05, 3.63) is 45.6 Å². The lowest BCUT2D eigenvalue weighted by Gasteiger charge is -2.36. The van der Waals surface area contributed by atoms with Gasteiger partial charge >= 0.3 is 5.69 Å². The number of aromatic nitrogens is 3. The number of benzene rings is 1. The molecule has 7 nitrogen and oxygen atoms in total. The fraction of sp³-hybridized carbons (Fsp3) is 0.571. The number of carbonyl (C=O) groups excluding carboxylic acids is 1. The molecule has 1 amide bonds. The summed E-state index contributed by atoms with van der Waals surface area (Å²) >= 11 is 5.92. The normalized spacial score (nSPS) is 18.1. The van der Waals surface area contributed by atoms with E-state index in [1.54, 1.807) is 45.2 Å². The van der Waals surface area contributed by atoms with E-state index in [1.807, 2.05) is 9.47 Å². The van der Waals surface area contributed by atoms with Gasteiger partial charge in [0.25, 0.3) is 5.91 Å². The van der Waals surface area contributed by atoms with Gasteiger partial charge in [-0.25, -0.2) is 9.48 Å². The van der Waals surface area contributed by atoms with E-state index in [0.717, 1.165) is 31.5 Å². The fourth-order valence-electron chi connectivity index (χ4n) is 4.02. The summed E-state index contributed by atoms with van der Waals surface area (Å²) in [6.45, 7) is 4.84. The average molecular weight is 419 g/mol. The molecule has 0 spiro atoms. The van der Waals surface area contributed by atoms with Gasteiger partial charge in [-0.05, 0) is 63.8 Å². The average Bonchev–Trinajstić information content (AvgIpc) is 3.49. The van der Waals surface area contributed by atoms with Crippen molar-refractivity contribution < 1.29 is 9.53 Å². The molecule has 2 heterocycles. The van der Waals surface area contributed by atoms with Crippen molar-refractivity contribution in [1.29, 1.82) is 0 Å². The van der Waals surface area contributed by atoms with Gasteiger partial charge in [0.15, 0.2) is 5.60 Å². The van der Waals surface area contributed by atoms with Crippen LogP contribution >= 0.6 is 11.6 Å². The van der Waals surface area contributed by atoms with Crippen LogP contribution in [0.25, 0.3) is 0 Å². The van der Waals surface area contributed by atoms with Crippen LogP contribution in [-0.2, 0) is 11.8 Å². The third-order valence-corrected chi connectivity index (χ3v) is 6.00. The summed E-state index contributed by atoms with van der Waals surface area (Å²) in [6.07, 6.45) is 3.69. The molecule has 0 radical (unpaired) electrons. The first-order chi connectivity index (χ1) is 13.8. The van der Waals surface area contributed by atoms with Crippen LogP contribution in [0.2, 0.25) is 5.02 Å². The highest BCUT2D eigenvalue weighted by molar-refractivity contribution is 6.30. The number of amides is 1. The van der Waals surface area contributed by atoms with Crippen LogP contribution in [0.5, 0.6) is 5.75 Å². The van der Waals surface area contributed by atoms with Gasteiger partial charge in [0.2, 0.25) is 0 Å². The van der Waals surface area contributed by atoms with Crippen LogP contribution in [0.3, 0.4) is 0 Å². The number of aryl methyl sites for hydroxylation is 1. The van der Waals surface area contributed by atoms with Gasteiger partial charge in [0.05, 0.1) is 0 Å². The maximum absolute atomic E-state index is 13.1. The van der Waals surface area contributed by atoms with E-state index in [4.69, 9.17) is 16.3 Å². The number of nitrogens with zero attached hydrogens (tertiary/aromatic N) is 4. The number of hydrogen-bond donors (Lipinski definition) is 0. The maximum Gasteiger partial charge on any atom is 0.345 e. The SMILES string of the molecule is Cn1nc(C2CCN(C(=O)C(C)(C)Oc3ccc(Cl)cc3)CC2)n(C2CC2)c1=O. The van der Waals surface area contributed by atoms with Crippen molar-refractivity contribution in [3.8, 4) is 5.75 Å². The minimum Gasteiger partial charge on any atom is -0.478 e. The lowest BCUT2D eigenvalue weighted by molar-refractivity contribution is -0.146. The van der Waals surface area contributed by atoms with Gasteiger partial charge in [-0.15, -0.1) is 0 Å². The monoisotopic (exact) mass is 418 g/mol. The lowest BCUT2D eigenvalue weighted by atomic mass is 9.94. The first-order valence-corrected chi connectivity index (χ1v) is 10.5. The van der Waals surface area contributed by atoms with Crippen LogP contribution < -0.4 is 10.4 Å². The van der Waals surface area contributed by atoms with Crippen molar-refractivity contribution >= 4 is 17.5 Å². The number of rotatable bonds is 5. The summed E-state index contributed by atoms with van der Waals surface area (Å²) < 4.78 is 9.26. The second kappa shape index (κ2) is 7.52. The van der Waals surface area contributed by atoms with E-state index >= 15 is 0 Å². The molecular weight excluding hydrogens is 392 g/mol. The molecule has 2 aliphatic rings. The van der Waals surface area contributed by atoms with Crippen molar-refractivity contribution in [2.75, 3.05) is 13.1 Å². The summed E-state index contributed by atoms with van der Waals surface area (Å²) in [5, 5.41) is 5.13. The number of likely N-dealkylation sites (tertiary alicyclic amines) is 1. The summed E-state index contributed by atoms with van der Waals surface area (Å²) in [5.74, 6) is 1.66. The number of piperidine rings is 1. The zero-order valence-corrected chi connectivity index (χ0v) is 17.9. The molecule has 1 saturated carbocycles. The number of halogens is 1. The Hall–Kier alpha value is -2.28. The van der Waals surface area contributed by atoms with Crippen molar-refractivity contribution in [2.24, 2.45) is 7.05 Å². The number of hydrogen-bond acceptors (Lipinski definition) is 4. The molecule has 1 aliphatic carbocycles. The van der Waals surface area contributed by atoms with Gasteiger partial charge in [0.1, 0.15) is 11.6 Å². The van der Waals surface area contributed by atoms with Crippen molar-refractivity contribution in [2.45, 2.75) is 57.1 Å². The van der Waals surface area contributed by atoms with Gasteiger partial charge in [-0.2, -0.15) is 5.10 Å². The molecule has 2 aromatic rings. The molecule has 2 fully saturated rings. The largest absolute Gasteiger partial charge is 0.478 e. The van der Waals surface area contributed by atoms with E-state index in [1.165, 1.54) is 4.68 Å². The smallest absolute Gasteiger partial charge is 0.345 e. The summed E-state index contributed by atoms with van der Waals surface area (Å²) in [5.41, 5.74) is -1.000. The highest BCUT2D eigenvalue weighted by Gasteiger charge is 2.38. The molecule has 156 valence electrons. The molecule has 0 atom stereocenters. The maximum atomic E-state index is 13.1. The Morgan fingerprint density at radius 2 is 1.76 bits per heavy atom. The Morgan fingerprint density at radius 3 is 2.34 bits per heavy atom. The van der Waals surface area contributed by atoms with Crippen LogP contribution in [0.1, 0.15) is 57.3 Å². The highest BCUT2D eigenvalue weighted by atomic mass is 35.5. The van der Waals surface area contributed by atoms with Crippen molar-refractivity contribution in [3.63, 3.8) is 0 Å². The minimum absolute atomic E-state index is 0.0292. The molecule has 0 N–H and O–H groups in total. The predicted octanol–water partition coefficient (Wildman–Crippen LogP) is 3.13. The number of ether oxygens (including phenoxy) is 1. The van der Waals surface area contributed by atoms with Gasteiger partial charge in [-0.3, -0.25) is 9.36 Å². The molecule has 1 aliphatic heterocycles. The van der Waals surface area contributed by atoms with Crippen LogP contribution in [0, 0.1) is 0 Å². The number of carbonyl (C=O) groups is 1. The molecule has 0 unspecified atom stereocenters. The van der Waals surface area contributed by atoms with E-state index in [9.17, 15) is 9.59 Å². The van der Waals surface area contributed by atoms with Crippen molar-refractivity contribution in [1.82, 2.24) is 19.2 Å². The predicted molar refractivity (Wildman–Crippen MR) is 110 cm³/mol. The quantitative estimate of drug-likeness (QED) is 0.748. The molecule has 1 aromatic carbocycles. The molecule has 0 bridgehead atoms. The third-order valence-electron chi connectivity index (χ3n) is 5.74. The van der Waals surface area contributed by atoms with Crippen LogP contribution in [-0.4, -0.2) is 43.8 Å². The fourth-order valence-corrected chi connectivity index (χ4v) is 4.14. The van der Waals surface area contributed by atoms with Gasteiger partial charge in [-0.1, -0.05) is 11.6 Å². The van der Waals surface area contributed by atoms with E-state index in [2.05, 4.69) is 5.10 Å². The van der Waals surface area contributed by atoms with Gasteiger partial charge in [0, 0.05) is 37.1 Å². The van der Waals surface area contributed by atoms with E-state index < -0.39 is 5.60 Å². The third kappa shape index (κ3) is 4.06. The second-order valence-electron chi connectivity index (χ2n) is 8.50.